The van der Waals surface area contributed by atoms with Gasteiger partial charge in [0, 0.05) is 26.2 Å². The Balaban J connectivity index is 1.31. The van der Waals surface area contributed by atoms with E-state index < -0.39 is 5.60 Å². The summed E-state index contributed by atoms with van der Waals surface area (Å²) in [5.74, 6) is 2.13. The largest absolute Gasteiger partial charge is 0.384 e. The third kappa shape index (κ3) is 4.43. The van der Waals surface area contributed by atoms with Gasteiger partial charge in [0.2, 0.25) is 0 Å². The highest BCUT2D eigenvalue weighted by Gasteiger charge is 2.44. The maximum absolute atomic E-state index is 10.3. The first kappa shape index (κ1) is 19.7. The summed E-state index contributed by atoms with van der Waals surface area (Å²) in [6.45, 7) is 7.78. The lowest BCUT2D eigenvalue weighted by Gasteiger charge is -2.37. The minimum atomic E-state index is -0.968. The molecule has 2 aromatic heterocycles. The molecule has 0 unspecified atom stereocenters. The predicted octanol–water partition coefficient (Wildman–Crippen LogP) is 3.45. The van der Waals surface area contributed by atoms with Crippen LogP contribution in [0.2, 0.25) is 0 Å². The van der Waals surface area contributed by atoms with Crippen LogP contribution >= 0.6 is 11.3 Å². The Morgan fingerprint density at radius 2 is 2.03 bits per heavy atom. The second-order valence-corrected chi connectivity index (χ2v) is 10.6. The third-order valence-corrected chi connectivity index (χ3v) is 7.60. The quantitative estimate of drug-likeness (QED) is 0.749. The molecular formula is C22H32N4O2S. The zero-order valence-corrected chi connectivity index (χ0v) is 18.2. The molecule has 2 saturated carbocycles. The smallest absolute Gasteiger partial charge is 0.114 e. The molecule has 2 aromatic rings. The number of likely N-dealkylation sites (tertiary alicyclic amines) is 1. The highest BCUT2D eigenvalue weighted by molar-refractivity contribution is 7.07. The van der Waals surface area contributed by atoms with Gasteiger partial charge < -0.3 is 9.84 Å². The van der Waals surface area contributed by atoms with Crippen molar-refractivity contribution in [1.29, 1.82) is 0 Å². The fourth-order valence-electron chi connectivity index (χ4n) is 4.98. The maximum atomic E-state index is 10.3. The first-order valence-corrected chi connectivity index (χ1v) is 11.9. The van der Waals surface area contributed by atoms with E-state index >= 15 is 0 Å². The molecule has 0 radical (unpaired) electrons. The summed E-state index contributed by atoms with van der Waals surface area (Å²) in [4.78, 5) is 2.61. The second kappa shape index (κ2) is 7.76. The predicted molar refractivity (Wildman–Crippen MR) is 113 cm³/mol. The van der Waals surface area contributed by atoms with Crippen molar-refractivity contribution in [3.05, 3.63) is 34.3 Å². The number of hydrogen-bond acceptors (Lipinski definition) is 6. The number of fused-ring (bicyclic) bond motifs is 1. The average Bonchev–Trinajstić information content (AvgIpc) is 3.07. The van der Waals surface area contributed by atoms with Crippen molar-refractivity contribution in [3.8, 4) is 0 Å². The maximum Gasteiger partial charge on any atom is 0.114 e. The molecule has 158 valence electrons. The van der Waals surface area contributed by atoms with Gasteiger partial charge in [-0.25, -0.2) is 4.68 Å². The number of ether oxygens (including phenoxy) is 1. The van der Waals surface area contributed by atoms with E-state index in [1.54, 1.807) is 25.2 Å². The Morgan fingerprint density at radius 1 is 1.24 bits per heavy atom. The molecule has 5 rings (SSSR count). The molecular weight excluding hydrogens is 384 g/mol. The summed E-state index contributed by atoms with van der Waals surface area (Å²) >= 11 is 1.78. The van der Waals surface area contributed by atoms with Gasteiger partial charge in [-0.05, 0) is 79.7 Å². The van der Waals surface area contributed by atoms with E-state index in [0.29, 0.717) is 17.5 Å². The van der Waals surface area contributed by atoms with E-state index in [1.807, 2.05) is 10.9 Å². The number of aliphatic hydroxyl groups is 1. The van der Waals surface area contributed by atoms with Crippen molar-refractivity contribution in [3.63, 3.8) is 0 Å². The number of aromatic nitrogens is 3. The van der Waals surface area contributed by atoms with Crippen LogP contribution in [0.3, 0.4) is 0 Å². The van der Waals surface area contributed by atoms with Gasteiger partial charge in [0.05, 0.1) is 18.3 Å². The highest BCUT2D eigenvalue weighted by Crippen LogP contribution is 2.43. The van der Waals surface area contributed by atoms with Crippen LogP contribution in [-0.4, -0.2) is 50.8 Å². The van der Waals surface area contributed by atoms with Crippen molar-refractivity contribution in [2.75, 3.05) is 19.7 Å². The summed E-state index contributed by atoms with van der Waals surface area (Å²) in [5, 5.41) is 23.4. The molecule has 0 amide bonds. The molecule has 7 heteroatoms. The lowest BCUT2D eigenvalue weighted by molar-refractivity contribution is -0.0376. The van der Waals surface area contributed by atoms with E-state index in [9.17, 15) is 5.11 Å². The molecule has 3 heterocycles. The van der Waals surface area contributed by atoms with E-state index in [1.165, 1.54) is 24.9 Å². The number of rotatable bonds is 7. The zero-order valence-electron chi connectivity index (χ0n) is 17.4. The summed E-state index contributed by atoms with van der Waals surface area (Å²) in [5.41, 5.74) is 1.09. The average molecular weight is 417 g/mol. The van der Waals surface area contributed by atoms with Crippen LogP contribution in [0.4, 0.5) is 0 Å². The fourth-order valence-corrected chi connectivity index (χ4v) is 5.64. The molecule has 1 N–H and O–H groups in total. The molecule has 0 spiro atoms. The molecule has 3 aliphatic rings. The van der Waals surface area contributed by atoms with Gasteiger partial charge in [-0.3, -0.25) is 4.90 Å². The van der Waals surface area contributed by atoms with Crippen LogP contribution in [0.1, 0.15) is 56.8 Å². The first-order valence-electron chi connectivity index (χ1n) is 11.0. The first-order chi connectivity index (χ1) is 14.0. The van der Waals surface area contributed by atoms with Crippen molar-refractivity contribution in [1.82, 2.24) is 19.9 Å². The Labute approximate surface area is 176 Å². The van der Waals surface area contributed by atoms with Crippen molar-refractivity contribution >= 4 is 11.3 Å². The lowest BCUT2D eigenvalue weighted by atomic mass is 9.77. The topological polar surface area (TPSA) is 63.4 Å². The number of nitrogens with zero attached hydrogens (tertiary/aromatic N) is 4. The monoisotopic (exact) mass is 416 g/mol. The van der Waals surface area contributed by atoms with E-state index in [-0.39, 0.29) is 12.1 Å². The van der Waals surface area contributed by atoms with Gasteiger partial charge in [0.1, 0.15) is 11.3 Å². The van der Waals surface area contributed by atoms with Crippen LogP contribution in [0, 0.1) is 17.8 Å². The molecule has 1 aliphatic heterocycles. The van der Waals surface area contributed by atoms with Gasteiger partial charge in [-0.15, -0.1) is 5.10 Å². The van der Waals surface area contributed by atoms with Crippen molar-refractivity contribution in [2.24, 2.45) is 17.8 Å². The minimum absolute atomic E-state index is 0.189. The standard InChI is InChI=1S/C22H32N4O2S/c1-22(2,27)21-12-26(24-23-21)19-7-17-10-25(9-16-5-6-29-14-16)11-18(17)8-20(19)28-13-15-3-4-15/h5-6,12,14-15,17-20,27H,3-4,7-11,13H2,1-2H3/t17-,18+,19-,20-/m1/s1. The fraction of sp³-hybridized carbons (Fsp3) is 0.727. The van der Waals surface area contributed by atoms with E-state index in [0.717, 1.165) is 38.5 Å². The number of hydrogen-bond donors (Lipinski definition) is 1. The lowest BCUT2D eigenvalue weighted by Crippen LogP contribution is -2.38. The molecule has 4 atom stereocenters. The van der Waals surface area contributed by atoms with Crippen molar-refractivity contribution < 1.29 is 9.84 Å². The normalized spacial score (nSPS) is 30.6. The molecule has 0 aromatic carbocycles. The Hall–Kier alpha value is -1.28. The Morgan fingerprint density at radius 3 is 2.69 bits per heavy atom. The molecule has 0 bridgehead atoms. The molecule has 2 aliphatic carbocycles. The summed E-state index contributed by atoms with van der Waals surface area (Å²) in [6, 6.07) is 2.45. The van der Waals surface area contributed by atoms with E-state index in [2.05, 4.69) is 32.0 Å². The van der Waals surface area contributed by atoms with Crippen LogP contribution in [0.15, 0.2) is 23.0 Å². The molecule has 29 heavy (non-hydrogen) atoms. The molecule has 1 saturated heterocycles. The van der Waals surface area contributed by atoms with Crippen LogP contribution in [0.5, 0.6) is 0 Å². The van der Waals surface area contributed by atoms with Crippen LogP contribution < -0.4 is 0 Å². The van der Waals surface area contributed by atoms with Gasteiger partial charge >= 0.3 is 0 Å². The minimum Gasteiger partial charge on any atom is -0.384 e. The summed E-state index contributed by atoms with van der Waals surface area (Å²) < 4.78 is 8.42. The highest BCUT2D eigenvalue weighted by atomic mass is 32.1. The number of thiophene rings is 1. The third-order valence-electron chi connectivity index (χ3n) is 6.87. The van der Waals surface area contributed by atoms with Crippen molar-refractivity contribution in [2.45, 2.75) is 63.8 Å². The van der Waals surface area contributed by atoms with Crippen LogP contribution in [0.25, 0.3) is 0 Å². The zero-order chi connectivity index (χ0) is 20.0. The summed E-state index contributed by atoms with van der Waals surface area (Å²) in [7, 11) is 0. The Kier molecular flexibility index (Phi) is 5.26. The van der Waals surface area contributed by atoms with E-state index in [4.69, 9.17) is 4.74 Å². The summed E-state index contributed by atoms with van der Waals surface area (Å²) in [6.07, 6.45) is 6.91. The van der Waals surface area contributed by atoms with Gasteiger partial charge in [-0.2, -0.15) is 11.3 Å². The SMILES string of the molecule is CC(C)(O)c1cn([C@@H]2C[C@@H]3CN(Cc4ccsc4)C[C@@H]3C[C@H]2OCC2CC2)nn1. The van der Waals surface area contributed by atoms with Gasteiger partial charge in [0.25, 0.3) is 0 Å². The molecule has 6 nitrogen and oxygen atoms in total. The molecule has 3 fully saturated rings. The van der Waals surface area contributed by atoms with Gasteiger partial charge in [0.15, 0.2) is 0 Å². The van der Waals surface area contributed by atoms with Crippen LogP contribution in [-0.2, 0) is 16.9 Å². The second-order valence-electron chi connectivity index (χ2n) is 9.84. The van der Waals surface area contributed by atoms with Gasteiger partial charge in [-0.1, -0.05) is 5.21 Å². The Bertz CT molecular complexity index is 811.